The molecule has 1 atom stereocenters. The van der Waals surface area contributed by atoms with Gasteiger partial charge in [-0.05, 0) is 28.9 Å². The highest BCUT2D eigenvalue weighted by atomic mass is 79.9. The SMILES string of the molecule is C[C@@H]1COCCN1CC(=O)Nc1c(F)cc(F)cc1Br. The normalized spacial score (nSPS) is 19.9. The number of anilines is 1. The summed E-state index contributed by atoms with van der Waals surface area (Å²) in [4.78, 5) is 13.9. The maximum Gasteiger partial charge on any atom is 0.238 e. The Morgan fingerprint density at radius 3 is 2.95 bits per heavy atom. The van der Waals surface area contributed by atoms with Gasteiger partial charge in [-0.1, -0.05) is 0 Å². The molecule has 1 aliphatic heterocycles. The molecule has 2 rings (SSSR count). The summed E-state index contributed by atoms with van der Waals surface area (Å²) in [7, 11) is 0. The van der Waals surface area contributed by atoms with Gasteiger partial charge < -0.3 is 10.1 Å². The van der Waals surface area contributed by atoms with Gasteiger partial charge in [-0.3, -0.25) is 9.69 Å². The van der Waals surface area contributed by atoms with Gasteiger partial charge in [-0.25, -0.2) is 8.78 Å². The van der Waals surface area contributed by atoms with Crippen LogP contribution < -0.4 is 5.32 Å². The molecular formula is C13H15BrF2N2O2. The lowest BCUT2D eigenvalue weighted by Gasteiger charge is -2.32. The minimum Gasteiger partial charge on any atom is -0.379 e. The van der Waals surface area contributed by atoms with Crippen LogP contribution in [0, 0.1) is 11.6 Å². The molecule has 4 nitrogen and oxygen atoms in total. The molecule has 7 heteroatoms. The molecule has 1 saturated heterocycles. The third kappa shape index (κ3) is 3.74. The van der Waals surface area contributed by atoms with Crippen molar-refractivity contribution < 1.29 is 18.3 Å². The Kier molecular flexibility index (Phi) is 5.06. The Hall–Kier alpha value is -1.05. The van der Waals surface area contributed by atoms with Crippen molar-refractivity contribution in [1.82, 2.24) is 4.90 Å². The van der Waals surface area contributed by atoms with Crippen molar-refractivity contribution in [3.63, 3.8) is 0 Å². The van der Waals surface area contributed by atoms with E-state index >= 15 is 0 Å². The van der Waals surface area contributed by atoms with Crippen LogP contribution in [-0.2, 0) is 9.53 Å². The van der Waals surface area contributed by atoms with Gasteiger partial charge in [0.15, 0.2) is 5.82 Å². The number of hydrogen-bond donors (Lipinski definition) is 1. The highest BCUT2D eigenvalue weighted by Crippen LogP contribution is 2.26. The van der Waals surface area contributed by atoms with Crippen molar-refractivity contribution in [2.24, 2.45) is 0 Å². The smallest absolute Gasteiger partial charge is 0.238 e. The van der Waals surface area contributed by atoms with Gasteiger partial charge in [-0.15, -0.1) is 0 Å². The number of carbonyl (C=O) groups excluding carboxylic acids is 1. The molecule has 1 amide bonds. The number of nitrogens with one attached hydrogen (secondary N) is 1. The molecule has 0 bridgehead atoms. The highest BCUT2D eigenvalue weighted by Gasteiger charge is 2.22. The number of benzene rings is 1. The van der Waals surface area contributed by atoms with Crippen LogP contribution in [0.5, 0.6) is 0 Å². The number of amides is 1. The number of rotatable bonds is 3. The number of ether oxygens (including phenoxy) is 1. The van der Waals surface area contributed by atoms with Crippen LogP contribution in [0.2, 0.25) is 0 Å². The molecular weight excluding hydrogens is 334 g/mol. The van der Waals surface area contributed by atoms with Crippen LogP contribution in [0.15, 0.2) is 16.6 Å². The number of morpholine rings is 1. The third-order valence-corrected chi connectivity index (χ3v) is 3.75. The second-order valence-electron chi connectivity index (χ2n) is 4.69. The Balaban J connectivity index is 2.01. The molecule has 1 fully saturated rings. The van der Waals surface area contributed by atoms with Crippen LogP contribution in [0.1, 0.15) is 6.92 Å². The zero-order chi connectivity index (χ0) is 14.7. The number of halogens is 3. The Morgan fingerprint density at radius 2 is 2.30 bits per heavy atom. The predicted octanol–water partition coefficient (Wildman–Crippen LogP) is 2.39. The fraction of sp³-hybridized carbons (Fsp3) is 0.462. The van der Waals surface area contributed by atoms with Gasteiger partial charge in [0, 0.05) is 23.1 Å². The highest BCUT2D eigenvalue weighted by molar-refractivity contribution is 9.10. The Bertz CT molecular complexity index is 490. The second-order valence-corrected chi connectivity index (χ2v) is 5.54. The molecule has 0 saturated carbocycles. The zero-order valence-corrected chi connectivity index (χ0v) is 12.5. The second kappa shape index (κ2) is 6.60. The van der Waals surface area contributed by atoms with E-state index in [2.05, 4.69) is 21.2 Å². The lowest BCUT2D eigenvalue weighted by molar-refractivity contribution is -0.119. The molecule has 0 aromatic heterocycles. The monoisotopic (exact) mass is 348 g/mol. The molecule has 1 aliphatic rings. The molecule has 0 spiro atoms. The van der Waals surface area contributed by atoms with E-state index in [0.717, 1.165) is 12.1 Å². The van der Waals surface area contributed by atoms with E-state index < -0.39 is 11.6 Å². The molecule has 20 heavy (non-hydrogen) atoms. The summed E-state index contributed by atoms with van der Waals surface area (Å²) in [6, 6.07) is 1.98. The fourth-order valence-corrected chi connectivity index (χ4v) is 2.53. The van der Waals surface area contributed by atoms with E-state index in [1.54, 1.807) is 0 Å². The van der Waals surface area contributed by atoms with E-state index in [0.29, 0.717) is 19.8 Å². The van der Waals surface area contributed by atoms with E-state index in [-0.39, 0.29) is 28.7 Å². The van der Waals surface area contributed by atoms with Gasteiger partial charge in [0.25, 0.3) is 0 Å². The zero-order valence-electron chi connectivity index (χ0n) is 11.0. The predicted molar refractivity (Wildman–Crippen MR) is 74.5 cm³/mol. The van der Waals surface area contributed by atoms with Crippen molar-refractivity contribution in [1.29, 1.82) is 0 Å². The summed E-state index contributed by atoms with van der Waals surface area (Å²) in [6.45, 7) is 3.91. The van der Waals surface area contributed by atoms with Gasteiger partial charge in [0.05, 0.1) is 25.4 Å². The van der Waals surface area contributed by atoms with Crippen molar-refractivity contribution in [3.8, 4) is 0 Å². The summed E-state index contributed by atoms with van der Waals surface area (Å²) in [5, 5.41) is 2.46. The standard InChI is InChI=1S/C13H15BrF2N2O2/c1-8-7-20-3-2-18(8)6-12(19)17-13-10(14)4-9(15)5-11(13)16/h4-5,8H,2-3,6-7H2,1H3,(H,17,19)/t8-/m1/s1. The summed E-state index contributed by atoms with van der Waals surface area (Å²) in [5.41, 5.74) is -0.0442. The summed E-state index contributed by atoms with van der Waals surface area (Å²) in [6.07, 6.45) is 0. The largest absolute Gasteiger partial charge is 0.379 e. The first-order valence-corrected chi connectivity index (χ1v) is 7.03. The first-order valence-electron chi connectivity index (χ1n) is 6.23. The summed E-state index contributed by atoms with van der Waals surface area (Å²) in [5.74, 6) is -1.85. The average Bonchev–Trinajstić information content (AvgIpc) is 2.36. The van der Waals surface area contributed by atoms with Crippen LogP contribution in [0.3, 0.4) is 0 Å². The van der Waals surface area contributed by atoms with Crippen LogP contribution in [0.25, 0.3) is 0 Å². The topological polar surface area (TPSA) is 41.6 Å². The molecule has 1 aromatic rings. The fourth-order valence-electron chi connectivity index (χ4n) is 2.02. The van der Waals surface area contributed by atoms with Crippen LogP contribution >= 0.6 is 15.9 Å². The molecule has 1 N–H and O–H groups in total. The number of hydrogen-bond acceptors (Lipinski definition) is 3. The lowest BCUT2D eigenvalue weighted by Crippen LogP contribution is -2.47. The Labute approximate surface area is 124 Å². The van der Waals surface area contributed by atoms with E-state index in [1.165, 1.54) is 0 Å². The molecule has 0 aliphatic carbocycles. The van der Waals surface area contributed by atoms with Gasteiger partial charge in [0.1, 0.15) is 5.82 Å². The van der Waals surface area contributed by atoms with Crippen LogP contribution in [-0.4, -0.2) is 43.2 Å². The third-order valence-electron chi connectivity index (χ3n) is 3.12. The van der Waals surface area contributed by atoms with Gasteiger partial charge in [0.2, 0.25) is 5.91 Å². The van der Waals surface area contributed by atoms with E-state index in [9.17, 15) is 13.6 Å². The van der Waals surface area contributed by atoms with Crippen LogP contribution in [0.4, 0.5) is 14.5 Å². The minimum absolute atomic E-state index is 0.0442. The van der Waals surface area contributed by atoms with Crippen molar-refractivity contribution in [2.45, 2.75) is 13.0 Å². The van der Waals surface area contributed by atoms with Gasteiger partial charge >= 0.3 is 0 Å². The molecule has 110 valence electrons. The molecule has 1 aromatic carbocycles. The Morgan fingerprint density at radius 1 is 1.55 bits per heavy atom. The van der Waals surface area contributed by atoms with E-state index in [4.69, 9.17) is 4.74 Å². The average molecular weight is 349 g/mol. The quantitative estimate of drug-likeness (QED) is 0.911. The van der Waals surface area contributed by atoms with Crippen molar-refractivity contribution >= 4 is 27.5 Å². The lowest BCUT2D eigenvalue weighted by atomic mass is 10.2. The molecule has 0 radical (unpaired) electrons. The first kappa shape index (κ1) is 15.3. The maximum absolute atomic E-state index is 13.6. The number of nitrogens with zero attached hydrogens (tertiary/aromatic N) is 1. The maximum atomic E-state index is 13.6. The molecule has 1 heterocycles. The molecule has 0 unspecified atom stereocenters. The van der Waals surface area contributed by atoms with Gasteiger partial charge in [-0.2, -0.15) is 0 Å². The van der Waals surface area contributed by atoms with Crippen molar-refractivity contribution in [2.75, 3.05) is 31.6 Å². The first-order chi connectivity index (χ1) is 9.47. The summed E-state index contributed by atoms with van der Waals surface area (Å²) < 4.78 is 32.0. The number of carbonyl (C=O) groups is 1. The minimum atomic E-state index is -0.805. The van der Waals surface area contributed by atoms with E-state index in [1.807, 2.05) is 11.8 Å². The van der Waals surface area contributed by atoms with Crippen molar-refractivity contribution in [3.05, 3.63) is 28.2 Å². The summed E-state index contributed by atoms with van der Waals surface area (Å²) >= 11 is 3.04.